The Morgan fingerprint density at radius 1 is 1.31 bits per heavy atom. The van der Waals surface area contributed by atoms with E-state index in [0.29, 0.717) is 61.4 Å². The van der Waals surface area contributed by atoms with Crippen LogP contribution in [0.3, 0.4) is 0 Å². The van der Waals surface area contributed by atoms with Crippen molar-refractivity contribution < 1.29 is 23.9 Å². The zero-order valence-corrected chi connectivity index (χ0v) is 18.3. The van der Waals surface area contributed by atoms with E-state index in [2.05, 4.69) is 20.8 Å². The molecule has 4 rings (SSSR count). The molecule has 0 radical (unpaired) electrons. The second-order valence-electron chi connectivity index (χ2n) is 9.14. The summed E-state index contributed by atoms with van der Waals surface area (Å²) in [5.74, 6) is -0.0650. The molecule has 1 saturated carbocycles. The van der Waals surface area contributed by atoms with Gasteiger partial charge in [0.1, 0.15) is 5.82 Å². The van der Waals surface area contributed by atoms with E-state index in [4.69, 9.17) is 4.74 Å². The molecule has 10 nitrogen and oxygen atoms in total. The van der Waals surface area contributed by atoms with Crippen molar-refractivity contribution in [1.29, 1.82) is 0 Å². The van der Waals surface area contributed by atoms with E-state index in [-0.39, 0.29) is 24.6 Å². The maximum atomic E-state index is 15.2. The molecule has 3 heterocycles. The Morgan fingerprint density at radius 3 is 2.66 bits per heavy atom. The lowest BCUT2D eigenvalue weighted by Gasteiger charge is -2.23. The number of carbonyl (C=O) groups is 2. The number of aryl methyl sites for hydroxylation is 1. The summed E-state index contributed by atoms with van der Waals surface area (Å²) in [6.45, 7) is 4.25. The highest BCUT2D eigenvalue weighted by atomic mass is 19.1. The number of aromatic nitrogens is 2. The Bertz CT molecular complexity index is 825. The summed E-state index contributed by atoms with van der Waals surface area (Å²) in [6, 6.07) is 0. The summed E-state index contributed by atoms with van der Waals surface area (Å²) < 4.78 is 20.7. The van der Waals surface area contributed by atoms with E-state index >= 15 is 4.39 Å². The molecule has 2 amide bonds. The summed E-state index contributed by atoms with van der Waals surface area (Å²) in [4.78, 5) is 34.0. The Morgan fingerprint density at radius 2 is 2.00 bits per heavy atom. The van der Waals surface area contributed by atoms with Crippen LogP contribution in [-0.4, -0.2) is 65.4 Å². The van der Waals surface area contributed by atoms with E-state index in [9.17, 15) is 14.8 Å². The predicted octanol–water partition coefficient (Wildman–Crippen LogP) is 1.49. The van der Waals surface area contributed by atoms with E-state index in [1.54, 1.807) is 6.92 Å². The molecule has 3 atom stereocenters. The molecule has 1 aromatic rings. The molecule has 11 heteroatoms. The number of rotatable bonds is 9. The van der Waals surface area contributed by atoms with Crippen LogP contribution >= 0.6 is 0 Å². The topological polar surface area (TPSA) is 120 Å². The number of fused-ring (bicyclic) bond motifs is 1. The second kappa shape index (κ2) is 9.95. The molecule has 1 aliphatic carbocycles. The minimum absolute atomic E-state index is 0.106. The van der Waals surface area contributed by atoms with E-state index < -0.39 is 17.6 Å². The summed E-state index contributed by atoms with van der Waals surface area (Å²) in [5.41, 5.74) is 5.12. The van der Waals surface area contributed by atoms with E-state index in [0.717, 1.165) is 25.7 Å². The monoisotopic (exact) mass is 450 g/mol. The van der Waals surface area contributed by atoms with Gasteiger partial charge in [0.2, 0.25) is 18.1 Å². The smallest absolute Gasteiger partial charge is 0.243 e. The van der Waals surface area contributed by atoms with Gasteiger partial charge in [-0.05, 0) is 19.3 Å². The molecular formula is C21H31FN6O4. The first kappa shape index (κ1) is 22.7. The van der Waals surface area contributed by atoms with E-state index in [1.165, 1.54) is 0 Å². The van der Waals surface area contributed by atoms with Gasteiger partial charge in [-0.15, -0.1) is 0 Å². The van der Waals surface area contributed by atoms with Crippen LogP contribution in [0.1, 0.15) is 37.9 Å². The highest BCUT2D eigenvalue weighted by Gasteiger charge is 2.39. The van der Waals surface area contributed by atoms with Gasteiger partial charge in [0, 0.05) is 24.9 Å². The van der Waals surface area contributed by atoms with Crippen LogP contribution in [0.25, 0.3) is 0 Å². The van der Waals surface area contributed by atoms with Gasteiger partial charge < -0.3 is 9.64 Å². The second-order valence-corrected chi connectivity index (χ2v) is 9.14. The molecule has 3 N–H and O–H groups in total. The first-order valence-electron chi connectivity index (χ1n) is 11.3. The van der Waals surface area contributed by atoms with Gasteiger partial charge in [0.25, 0.3) is 0 Å². The van der Waals surface area contributed by atoms with Crippen molar-refractivity contribution in [2.45, 2.75) is 39.0 Å². The summed E-state index contributed by atoms with van der Waals surface area (Å²) in [7, 11) is 0. The van der Waals surface area contributed by atoms with Gasteiger partial charge >= 0.3 is 0 Å². The zero-order valence-electron chi connectivity index (χ0n) is 18.3. The highest BCUT2D eigenvalue weighted by Crippen LogP contribution is 2.34. The first-order chi connectivity index (χ1) is 15.4. The van der Waals surface area contributed by atoms with Crippen molar-refractivity contribution in [3.05, 3.63) is 11.6 Å². The molecule has 0 aromatic carbocycles. The number of halogens is 1. The maximum absolute atomic E-state index is 15.2. The molecule has 3 fully saturated rings. The van der Waals surface area contributed by atoms with E-state index in [1.807, 2.05) is 4.90 Å². The Labute approximate surface area is 186 Å². The number of hydroxylamine groups is 2. The summed E-state index contributed by atoms with van der Waals surface area (Å²) in [6.07, 6.45) is 5.11. The molecule has 1 aromatic heterocycles. The van der Waals surface area contributed by atoms with Crippen LogP contribution in [0.2, 0.25) is 0 Å². The number of nitrogens with zero attached hydrogens (tertiary/aromatic N) is 4. The van der Waals surface area contributed by atoms with Crippen molar-refractivity contribution in [3.8, 4) is 0 Å². The van der Waals surface area contributed by atoms with Gasteiger partial charge in [-0.2, -0.15) is 4.39 Å². The van der Waals surface area contributed by atoms with Crippen molar-refractivity contribution in [2.75, 3.05) is 43.2 Å². The number of carbonyl (C=O) groups excluding carboxylic acids is 2. The summed E-state index contributed by atoms with van der Waals surface area (Å²) >= 11 is 0. The lowest BCUT2D eigenvalue weighted by atomic mass is 9.92. The Hall–Kier alpha value is -2.53. The number of hydrogen-bond acceptors (Lipinski definition) is 8. The van der Waals surface area contributed by atoms with Crippen molar-refractivity contribution in [3.63, 3.8) is 0 Å². The van der Waals surface area contributed by atoms with Gasteiger partial charge in [0.05, 0.1) is 25.7 Å². The molecular weight excluding hydrogens is 419 g/mol. The van der Waals surface area contributed by atoms with Crippen LogP contribution in [0.5, 0.6) is 0 Å². The van der Waals surface area contributed by atoms with Crippen LogP contribution in [0.4, 0.5) is 16.0 Å². The van der Waals surface area contributed by atoms with Gasteiger partial charge in [-0.25, -0.2) is 15.0 Å². The van der Waals surface area contributed by atoms with Gasteiger partial charge in [0.15, 0.2) is 11.6 Å². The highest BCUT2D eigenvalue weighted by molar-refractivity contribution is 5.80. The summed E-state index contributed by atoms with van der Waals surface area (Å²) in [5, 5.41) is 10.1. The molecule has 2 saturated heterocycles. The Balaban J connectivity index is 1.42. The standard InChI is InChI=1S/C21H31FN6O4/c1-13-23-19(18(22)20(24-13)27-7-16-10-32-11-17(16)8-27)25-26-21(30)15(9-28(31)12-29)6-14-4-2-3-5-14/h12,14-17,31H,2-11H2,1H3,(H,26,30)(H,23,24,25)/t15-,16?,17?/m1/s1. The number of ether oxygens (including phenoxy) is 1. The predicted molar refractivity (Wildman–Crippen MR) is 113 cm³/mol. The molecule has 0 bridgehead atoms. The SMILES string of the molecule is Cc1nc(NNC(=O)[C@H](CC2CCCC2)CN(O)C=O)c(F)c(N2CC3COCC3C2)n1. The molecule has 2 aliphatic heterocycles. The molecule has 2 unspecified atom stereocenters. The minimum Gasteiger partial charge on any atom is -0.381 e. The normalized spacial score (nSPS) is 23.8. The molecule has 176 valence electrons. The fourth-order valence-corrected chi connectivity index (χ4v) is 5.10. The third kappa shape index (κ3) is 5.09. The van der Waals surface area contributed by atoms with Crippen LogP contribution in [0.15, 0.2) is 0 Å². The lowest BCUT2D eigenvalue weighted by Crippen LogP contribution is -2.41. The average Bonchev–Trinajstić information content (AvgIpc) is 3.51. The fourth-order valence-electron chi connectivity index (χ4n) is 5.10. The Kier molecular flexibility index (Phi) is 7.04. The number of amides is 2. The zero-order chi connectivity index (χ0) is 22.7. The number of hydrogen-bond donors (Lipinski definition) is 3. The van der Waals surface area contributed by atoms with Crippen molar-refractivity contribution in [1.82, 2.24) is 20.5 Å². The fraction of sp³-hybridized carbons (Fsp3) is 0.714. The maximum Gasteiger partial charge on any atom is 0.243 e. The largest absolute Gasteiger partial charge is 0.381 e. The van der Waals surface area contributed by atoms with Crippen LogP contribution in [0, 0.1) is 36.4 Å². The average molecular weight is 451 g/mol. The van der Waals surface area contributed by atoms with Crippen LogP contribution < -0.4 is 15.8 Å². The third-order valence-corrected chi connectivity index (χ3v) is 6.78. The third-order valence-electron chi connectivity index (χ3n) is 6.78. The first-order valence-corrected chi connectivity index (χ1v) is 11.3. The minimum atomic E-state index is -0.624. The number of nitrogens with one attached hydrogen (secondary N) is 2. The van der Waals surface area contributed by atoms with Crippen molar-refractivity contribution >= 4 is 24.0 Å². The van der Waals surface area contributed by atoms with Gasteiger partial charge in [-0.3, -0.25) is 25.6 Å². The molecule has 32 heavy (non-hydrogen) atoms. The van der Waals surface area contributed by atoms with Crippen molar-refractivity contribution in [2.24, 2.45) is 23.7 Å². The number of hydrazine groups is 1. The van der Waals surface area contributed by atoms with Crippen LogP contribution in [-0.2, 0) is 14.3 Å². The quantitative estimate of drug-likeness (QED) is 0.294. The lowest BCUT2D eigenvalue weighted by molar-refractivity contribution is -0.154. The molecule has 3 aliphatic rings. The number of anilines is 2. The van der Waals surface area contributed by atoms with Gasteiger partial charge in [-0.1, -0.05) is 25.7 Å². The molecule has 0 spiro atoms.